The molecule has 2 aliphatic rings. The Labute approximate surface area is 172 Å². The molecule has 2 rings (SSSR count). The van der Waals surface area contributed by atoms with E-state index in [0.29, 0.717) is 6.54 Å². The number of nitrogens with one attached hydrogen (secondary N) is 1. The van der Waals surface area contributed by atoms with E-state index in [-0.39, 0.29) is 6.42 Å². The molecule has 14 heteroatoms. The maximum atomic E-state index is 10.6. The lowest BCUT2D eigenvalue weighted by Gasteiger charge is -2.46. The molecule has 1 heterocycles. The number of rotatable bonds is 8. The molecule has 6 N–H and O–H groups in total. The third-order valence-corrected chi connectivity index (χ3v) is 5.39. The molecule has 1 aliphatic carbocycles. The van der Waals surface area contributed by atoms with Crippen LogP contribution in [0.4, 0.5) is 0 Å². The average molecular weight is 431 g/mol. The molecule has 0 spiro atoms. The second-order valence-corrected chi connectivity index (χ2v) is 7.54. The maximum Gasteiger partial charge on any atom is 0.169 e. The molecular formula is C16H29N7O7. The molecule has 14 nitrogen and oxygen atoms in total. The van der Waals surface area contributed by atoms with Crippen LogP contribution in [-0.4, -0.2) is 99.2 Å². The van der Waals surface area contributed by atoms with Gasteiger partial charge in [-0.05, 0) is 37.4 Å². The minimum Gasteiger partial charge on any atom is -0.391 e. The Bertz CT molecular complexity index is 658. The van der Waals surface area contributed by atoms with Crippen LogP contribution in [0.25, 0.3) is 20.9 Å². The van der Waals surface area contributed by atoms with Crippen molar-refractivity contribution in [2.24, 2.45) is 10.2 Å². The lowest BCUT2D eigenvalue weighted by molar-refractivity contribution is -0.301. The van der Waals surface area contributed by atoms with Gasteiger partial charge in [-0.3, -0.25) is 0 Å². The highest BCUT2D eigenvalue weighted by atomic mass is 16.7. The van der Waals surface area contributed by atoms with E-state index in [1.54, 1.807) is 0 Å². The van der Waals surface area contributed by atoms with Crippen LogP contribution in [0.15, 0.2) is 10.2 Å². The summed E-state index contributed by atoms with van der Waals surface area (Å²) in [6, 6.07) is -2.87. The molecule has 1 saturated carbocycles. The second-order valence-electron chi connectivity index (χ2n) is 7.54. The van der Waals surface area contributed by atoms with Crippen LogP contribution < -0.4 is 5.32 Å². The number of nitrogens with zero attached hydrogens (tertiary/aromatic N) is 6. The SMILES string of the molecule is CCCN[C@@H]1CC(N=[N+]=[N-])[C@@H](O[C@H]2OC([C@@H](C)O)[C@@H](O)C(O)C2N=[N+]=[N-])C(O)[C@@H]1O. The molecule has 0 radical (unpaired) electrons. The topological polar surface area (TPSA) is 229 Å². The number of aliphatic hydroxyl groups excluding tert-OH is 5. The Morgan fingerprint density at radius 2 is 1.77 bits per heavy atom. The minimum atomic E-state index is -1.62. The predicted molar refractivity (Wildman–Crippen MR) is 102 cm³/mol. The molecular weight excluding hydrogens is 402 g/mol. The smallest absolute Gasteiger partial charge is 0.169 e. The van der Waals surface area contributed by atoms with E-state index in [0.717, 1.165) is 6.42 Å². The molecule has 5 unspecified atom stereocenters. The largest absolute Gasteiger partial charge is 0.391 e. The van der Waals surface area contributed by atoms with Gasteiger partial charge in [-0.15, -0.1) is 0 Å². The summed E-state index contributed by atoms with van der Waals surface area (Å²) in [6.45, 7) is 3.84. The van der Waals surface area contributed by atoms with Gasteiger partial charge in [0.15, 0.2) is 6.29 Å². The van der Waals surface area contributed by atoms with Crippen molar-refractivity contribution >= 4 is 0 Å². The van der Waals surface area contributed by atoms with Crippen molar-refractivity contribution in [3.63, 3.8) is 0 Å². The fourth-order valence-electron chi connectivity index (χ4n) is 3.80. The Balaban J connectivity index is 2.28. The summed E-state index contributed by atoms with van der Waals surface area (Å²) in [5.74, 6) is 0. The van der Waals surface area contributed by atoms with Gasteiger partial charge in [-0.1, -0.05) is 17.2 Å². The highest BCUT2D eigenvalue weighted by molar-refractivity contribution is 5.02. The highest BCUT2D eigenvalue weighted by Crippen LogP contribution is 2.32. The molecule has 0 aromatic rings. The van der Waals surface area contributed by atoms with Crippen molar-refractivity contribution in [3.8, 4) is 0 Å². The van der Waals surface area contributed by atoms with Crippen molar-refractivity contribution in [2.75, 3.05) is 6.54 Å². The van der Waals surface area contributed by atoms with Crippen molar-refractivity contribution < 1.29 is 35.0 Å². The molecule has 170 valence electrons. The van der Waals surface area contributed by atoms with E-state index in [4.69, 9.17) is 20.5 Å². The van der Waals surface area contributed by atoms with Gasteiger partial charge in [-0.25, -0.2) is 0 Å². The van der Waals surface area contributed by atoms with E-state index >= 15 is 0 Å². The molecule has 0 aromatic carbocycles. The maximum absolute atomic E-state index is 10.6. The summed E-state index contributed by atoms with van der Waals surface area (Å²) in [4.78, 5) is 5.39. The van der Waals surface area contributed by atoms with Crippen LogP contribution in [0, 0.1) is 0 Å². The van der Waals surface area contributed by atoms with Crippen molar-refractivity contribution in [1.82, 2.24) is 5.32 Å². The lowest BCUT2D eigenvalue weighted by Crippen LogP contribution is -2.64. The summed E-state index contributed by atoms with van der Waals surface area (Å²) >= 11 is 0. The zero-order chi connectivity index (χ0) is 22.4. The molecule has 11 atom stereocenters. The minimum absolute atomic E-state index is 0.150. The monoisotopic (exact) mass is 431 g/mol. The standard InChI is InChI=1S/C16H29N7O7/c1-3-4-19-7-5-8(20-22-17)15(12(27)10(7)25)30-16-9(21-23-18)11(26)13(28)14(29-16)6(2)24/h6-16,19,24-28H,3-5H2,1-2H3/t6-,7-,8?,9?,10-,11?,12?,13+,14?,15-,16-/m1/s1. The van der Waals surface area contributed by atoms with Gasteiger partial charge in [0.2, 0.25) is 0 Å². The van der Waals surface area contributed by atoms with Crippen molar-refractivity contribution in [1.29, 1.82) is 0 Å². The van der Waals surface area contributed by atoms with E-state index in [1.807, 2.05) is 6.92 Å². The Morgan fingerprint density at radius 3 is 2.33 bits per heavy atom. The van der Waals surface area contributed by atoms with Crippen LogP contribution in [0.1, 0.15) is 26.7 Å². The number of hydrogen-bond acceptors (Lipinski definition) is 10. The molecule has 1 aliphatic heterocycles. The third kappa shape index (κ3) is 5.31. The zero-order valence-electron chi connectivity index (χ0n) is 16.7. The summed E-state index contributed by atoms with van der Waals surface area (Å²) in [5, 5.41) is 61.5. The Kier molecular flexibility index (Phi) is 9.07. The molecule has 0 amide bonds. The van der Waals surface area contributed by atoms with Gasteiger partial charge < -0.3 is 40.3 Å². The van der Waals surface area contributed by atoms with E-state index < -0.39 is 67.1 Å². The first-order valence-corrected chi connectivity index (χ1v) is 9.79. The Morgan fingerprint density at radius 1 is 1.10 bits per heavy atom. The summed E-state index contributed by atoms with van der Waals surface area (Å²) in [7, 11) is 0. The van der Waals surface area contributed by atoms with E-state index in [2.05, 4.69) is 25.4 Å². The molecule has 30 heavy (non-hydrogen) atoms. The fraction of sp³-hybridized carbons (Fsp3) is 1.00. The van der Waals surface area contributed by atoms with Crippen molar-refractivity contribution in [2.45, 2.75) is 93.8 Å². The normalized spacial score (nSPS) is 42.6. The third-order valence-electron chi connectivity index (χ3n) is 5.39. The quantitative estimate of drug-likeness (QED) is 0.159. The summed E-state index contributed by atoms with van der Waals surface area (Å²) in [5.41, 5.74) is 17.7. The van der Waals surface area contributed by atoms with Gasteiger partial charge in [-0.2, -0.15) is 0 Å². The number of hydrogen-bond donors (Lipinski definition) is 6. The van der Waals surface area contributed by atoms with Gasteiger partial charge in [0, 0.05) is 15.9 Å². The second kappa shape index (κ2) is 11.1. The summed E-state index contributed by atoms with van der Waals surface area (Å²) < 4.78 is 11.2. The fourth-order valence-corrected chi connectivity index (χ4v) is 3.80. The highest BCUT2D eigenvalue weighted by Gasteiger charge is 2.50. The Hall–Kier alpha value is -1.70. The summed E-state index contributed by atoms with van der Waals surface area (Å²) in [6.07, 6.45) is -10.2. The molecule has 1 saturated heterocycles. The van der Waals surface area contributed by atoms with Gasteiger partial charge in [0.1, 0.15) is 24.4 Å². The van der Waals surface area contributed by atoms with E-state index in [1.165, 1.54) is 6.92 Å². The van der Waals surface area contributed by atoms with E-state index in [9.17, 15) is 25.5 Å². The lowest BCUT2D eigenvalue weighted by atomic mass is 9.83. The first kappa shape index (κ1) is 24.6. The van der Waals surface area contributed by atoms with Gasteiger partial charge >= 0.3 is 0 Å². The molecule has 0 aromatic heterocycles. The van der Waals surface area contributed by atoms with Crippen LogP contribution >= 0.6 is 0 Å². The van der Waals surface area contributed by atoms with Crippen molar-refractivity contribution in [3.05, 3.63) is 20.9 Å². The molecule has 2 fully saturated rings. The van der Waals surface area contributed by atoms with Crippen LogP contribution in [-0.2, 0) is 9.47 Å². The van der Waals surface area contributed by atoms with Crippen LogP contribution in [0.2, 0.25) is 0 Å². The van der Waals surface area contributed by atoms with Gasteiger partial charge in [0.25, 0.3) is 0 Å². The van der Waals surface area contributed by atoms with Crippen LogP contribution in [0.3, 0.4) is 0 Å². The number of ether oxygens (including phenoxy) is 2. The zero-order valence-corrected chi connectivity index (χ0v) is 16.7. The first-order chi connectivity index (χ1) is 14.3. The average Bonchev–Trinajstić information content (AvgIpc) is 2.71. The van der Waals surface area contributed by atoms with Gasteiger partial charge in [0.05, 0.1) is 30.5 Å². The molecule has 0 bridgehead atoms. The number of aliphatic hydroxyl groups is 5. The first-order valence-electron chi connectivity index (χ1n) is 9.79. The van der Waals surface area contributed by atoms with Crippen LogP contribution in [0.5, 0.6) is 0 Å². The number of azide groups is 2. The predicted octanol–water partition coefficient (Wildman–Crippen LogP) is -0.949.